The molecule has 0 saturated carbocycles. The van der Waals surface area contributed by atoms with Gasteiger partial charge >= 0.3 is 0 Å². The van der Waals surface area contributed by atoms with Gasteiger partial charge < -0.3 is 5.32 Å². The summed E-state index contributed by atoms with van der Waals surface area (Å²) >= 11 is 4.54. The number of rotatable bonds is 6. The van der Waals surface area contributed by atoms with Crippen molar-refractivity contribution in [3.63, 3.8) is 0 Å². The van der Waals surface area contributed by atoms with Gasteiger partial charge in [0.05, 0.1) is 0 Å². The van der Waals surface area contributed by atoms with Gasteiger partial charge in [-0.05, 0) is 12.3 Å². The molecule has 0 amide bonds. The number of ketones is 1. The lowest BCUT2D eigenvalue weighted by molar-refractivity contribution is -0.115. The highest BCUT2D eigenvalue weighted by molar-refractivity contribution is 7.81. The molecule has 1 aliphatic rings. The number of hydrogen-bond donors (Lipinski definition) is 2. The number of carbonyl (C=O) groups is 1. The zero-order valence-corrected chi connectivity index (χ0v) is 11.8. The second-order valence-corrected chi connectivity index (χ2v) is 5.50. The molecule has 2 nitrogen and oxygen atoms in total. The SMILES string of the molecule is CCC(=O)C1=CC=CCC1NCC(S)C(C)C. The number of nitrogens with one attached hydrogen (secondary N) is 1. The molecule has 0 aromatic rings. The predicted molar refractivity (Wildman–Crippen MR) is 76.5 cm³/mol. The summed E-state index contributed by atoms with van der Waals surface area (Å²) in [4.78, 5) is 11.8. The molecular formula is C14H23NOS. The van der Waals surface area contributed by atoms with Crippen LogP contribution in [-0.2, 0) is 4.79 Å². The van der Waals surface area contributed by atoms with Crippen molar-refractivity contribution in [1.82, 2.24) is 5.32 Å². The third kappa shape index (κ3) is 4.32. The first-order chi connectivity index (χ1) is 8.06. The quantitative estimate of drug-likeness (QED) is 0.713. The lowest BCUT2D eigenvalue weighted by Gasteiger charge is -2.24. The molecule has 0 spiro atoms. The van der Waals surface area contributed by atoms with Crippen molar-refractivity contribution in [2.24, 2.45) is 5.92 Å². The molecule has 0 fully saturated rings. The molecule has 96 valence electrons. The molecule has 0 radical (unpaired) electrons. The fourth-order valence-electron chi connectivity index (χ4n) is 1.81. The Morgan fingerprint density at radius 2 is 2.29 bits per heavy atom. The van der Waals surface area contributed by atoms with Crippen LogP contribution in [0.3, 0.4) is 0 Å². The van der Waals surface area contributed by atoms with E-state index in [1.54, 1.807) is 0 Å². The van der Waals surface area contributed by atoms with E-state index in [0.29, 0.717) is 17.6 Å². The Hall–Kier alpha value is -0.540. The first-order valence-electron chi connectivity index (χ1n) is 6.37. The maximum absolute atomic E-state index is 11.8. The number of thiol groups is 1. The van der Waals surface area contributed by atoms with Crippen LogP contribution < -0.4 is 5.32 Å². The molecular weight excluding hydrogens is 230 g/mol. The minimum atomic E-state index is 0.167. The fraction of sp³-hybridized carbons (Fsp3) is 0.643. The minimum absolute atomic E-state index is 0.167. The van der Waals surface area contributed by atoms with E-state index in [-0.39, 0.29) is 11.8 Å². The first-order valence-corrected chi connectivity index (χ1v) is 6.89. The second-order valence-electron chi connectivity index (χ2n) is 4.83. The van der Waals surface area contributed by atoms with Crippen molar-refractivity contribution >= 4 is 18.4 Å². The highest BCUT2D eigenvalue weighted by Gasteiger charge is 2.20. The summed E-state index contributed by atoms with van der Waals surface area (Å²) in [6.07, 6.45) is 7.49. The number of allylic oxidation sites excluding steroid dienone is 2. The van der Waals surface area contributed by atoms with Crippen molar-refractivity contribution in [3.8, 4) is 0 Å². The lowest BCUT2D eigenvalue weighted by Crippen LogP contribution is -2.39. The van der Waals surface area contributed by atoms with Crippen LogP contribution in [0.4, 0.5) is 0 Å². The normalized spacial score (nSPS) is 21.5. The van der Waals surface area contributed by atoms with Gasteiger partial charge in [0.1, 0.15) is 0 Å². The molecule has 0 heterocycles. The van der Waals surface area contributed by atoms with E-state index in [1.807, 2.05) is 19.1 Å². The summed E-state index contributed by atoms with van der Waals surface area (Å²) < 4.78 is 0. The van der Waals surface area contributed by atoms with Crippen molar-refractivity contribution in [1.29, 1.82) is 0 Å². The van der Waals surface area contributed by atoms with Gasteiger partial charge in [-0.3, -0.25) is 4.79 Å². The molecule has 2 unspecified atom stereocenters. The van der Waals surface area contributed by atoms with Gasteiger partial charge in [-0.25, -0.2) is 0 Å². The van der Waals surface area contributed by atoms with E-state index >= 15 is 0 Å². The summed E-state index contributed by atoms with van der Waals surface area (Å²) in [6, 6.07) is 0.167. The predicted octanol–water partition coefficient (Wildman–Crippen LogP) is 2.76. The van der Waals surface area contributed by atoms with Crippen LogP contribution >= 0.6 is 12.6 Å². The molecule has 1 rings (SSSR count). The smallest absolute Gasteiger partial charge is 0.160 e. The van der Waals surface area contributed by atoms with E-state index in [4.69, 9.17) is 0 Å². The Balaban J connectivity index is 2.55. The molecule has 1 aliphatic carbocycles. The molecule has 0 aromatic carbocycles. The minimum Gasteiger partial charge on any atom is -0.308 e. The van der Waals surface area contributed by atoms with Crippen LogP contribution in [0.15, 0.2) is 23.8 Å². The van der Waals surface area contributed by atoms with Crippen LogP contribution in [0.2, 0.25) is 0 Å². The van der Waals surface area contributed by atoms with Crippen LogP contribution in [0.1, 0.15) is 33.6 Å². The molecule has 0 saturated heterocycles. The van der Waals surface area contributed by atoms with E-state index in [1.165, 1.54) is 0 Å². The third-order valence-electron chi connectivity index (χ3n) is 3.15. The number of carbonyl (C=O) groups excluding carboxylic acids is 1. The van der Waals surface area contributed by atoms with Crippen molar-refractivity contribution in [2.75, 3.05) is 6.54 Å². The van der Waals surface area contributed by atoms with Crippen LogP contribution in [0, 0.1) is 5.92 Å². The topological polar surface area (TPSA) is 29.1 Å². The number of hydrogen-bond acceptors (Lipinski definition) is 3. The van der Waals surface area contributed by atoms with Crippen molar-refractivity contribution in [2.45, 2.75) is 44.9 Å². The third-order valence-corrected chi connectivity index (χ3v) is 3.92. The van der Waals surface area contributed by atoms with E-state index in [9.17, 15) is 4.79 Å². The molecule has 0 aromatic heterocycles. The van der Waals surface area contributed by atoms with Gasteiger partial charge in [0.2, 0.25) is 0 Å². The maximum Gasteiger partial charge on any atom is 0.160 e. The van der Waals surface area contributed by atoms with E-state index in [2.05, 4.69) is 37.9 Å². The van der Waals surface area contributed by atoms with Gasteiger partial charge in [-0.1, -0.05) is 39.0 Å². The molecule has 0 aliphatic heterocycles. The van der Waals surface area contributed by atoms with E-state index < -0.39 is 0 Å². The summed E-state index contributed by atoms with van der Waals surface area (Å²) in [5.74, 6) is 0.784. The Morgan fingerprint density at radius 1 is 1.59 bits per heavy atom. The Morgan fingerprint density at radius 3 is 2.88 bits per heavy atom. The summed E-state index contributed by atoms with van der Waals surface area (Å²) in [5.41, 5.74) is 0.916. The largest absolute Gasteiger partial charge is 0.308 e. The Kier molecular flexibility index (Phi) is 6.00. The van der Waals surface area contributed by atoms with Crippen LogP contribution in [0.5, 0.6) is 0 Å². The van der Waals surface area contributed by atoms with Crippen molar-refractivity contribution in [3.05, 3.63) is 23.8 Å². The van der Waals surface area contributed by atoms with Crippen LogP contribution in [-0.4, -0.2) is 23.6 Å². The molecule has 1 N–H and O–H groups in total. The maximum atomic E-state index is 11.8. The monoisotopic (exact) mass is 253 g/mol. The zero-order valence-electron chi connectivity index (χ0n) is 10.9. The summed E-state index contributed by atoms with van der Waals surface area (Å²) in [7, 11) is 0. The average Bonchev–Trinajstić information content (AvgIpc) is 2.35. The van der Waals surface area contributed by atoms with Gasteiger partial charge in [0.15, 0.2) is 5.78 Å². The fourth-order valence-corrected chi connectivity index (χ4v) is 1.92. The molecule has 0 bridgehead atoms. The average molecular weight is 253 g/mol. The van der Waals surface area contributed by atoms with Crippen LogP contribution in [0.25, 0.3) is 0 Å². The highest BCUT2D eigenvalue weighted by atomic mass is 32.1. The molecule has 3 heteroatoms. The highest BCUT2D eigenvalue weighted by Crippen LogP contribution is 2.16. The molecule has 2 atom stereocenters. The summed E-state index contributed by atoms with van der Waals surface area (Å²) in [6.45, 7) is 7.07. The van der Waals surface area contributed by atoms with Gasteiger partial charge in [-0.15, -0.1) is 0 Å². The molecule has 17 heavy (non-hydrogen) atoms. The summed E-state index contributed by atoms with van der Waals surface area (Å²) in [5, 5.41) is 3.78. The number of Topliss-reactive ketones (excluding diaryl/α,β-unsaturated/α-hetero) is 1. The first kappa shape index (κ1) is 14.5. The lowest BCUT2D eigenvalue weighted by atomic mass is 9.94. The van der Waals surface area contributed by atoms with Gasteiger partial charge in [0, 0.05) is 29.8 Å². The Bertz CT molecular complexity index is 320. The second kappa shape index (κ2) is 7.02. The Labute approximate surface area is 110 Å². The standard InChI is InChI=1S/C14H23NOS/c1-4-13(16)11-7-5-6-8-12(11)15-9-14(17)10(2)3/h5-7,10,12,14-15,17H,4,8-9H2,1-3H3. The van der Waals surface area contributed by atoms with Gasteiger partial charge in [-0.2, -0.15) is 12.6 Å². The van der Waals surface area contributed by atoms with Crippen molar-refractivity contribution < 1.29 is 4.79 Å². The van der Waals surface area contributed by atoms with E-state index in [0.717, 1.165) is 18.5 Å². The van der Waals surface area contributed by atoms with Gasteiger partial charge in [0.25, 0.3) is 0 Å². The zero-order chi connectivity index (χ0) is 12.8.